The minimum atomic E-state index is -1.80. The Hall–Kier alpha value is -7.79. The number of nitrogens with zero attached hydrogens (tertiary/aromatic N) is 2. The maximum Gasteiger partial charge on any atom is 0.336 e. The molecule has 0 fully saturated rings. The van der Waals surface area contributed by atoms with Gasteiger partial charge >= 0.3 is 5.97 Å². The van der Waals surface area contributed by atoms with Crippen LogP contribution in [-0.2, 0) is 13.2 Å². The number of aliphatic hydroxyl groups excluding tert-OH is 1. The maximum absolute atomic E-state index is 12.7. The zero-order chi connectivity index (χ0) is 44.2. The molecule has 0 amide bonds. The number of hydrogen-bond donors (Lipinski definition) is 3. The van der Waals surface area contributed by atoms with E-state index in [2.05, 4.69) is 6.07 Å². The SMILES string of the molecule is Cc1cc(OCc2ccccc2)c2c(C(O)O)cc(-c3oc4ccc(-c5cccc6oc(-c7cc(C(=O)O)c8ccc(OCc9ccccc9)c(C)c8n7)c(C)c56)cc4c3C)nc2c1. The lowest BCUT2D eigenvalue weighted by atomic mass is 9.96. The molecule has 0 spiro atoms. The second-order valence-corrected chi connectivity index (χ2v) is 16.1. The predicted molar refractivity (Wildman–Crippen MR) is 248 cm³/mol. The van der Waals surface area contributed by atoms with E-state index in [0.717, 1.165) is 55.3 Å². The van der Waals surface area contributed by atoms with Crippen molar-refractivity contribution < 1.29 is 38.4 Å². The molecule has 0 aliphatic heterocycles. The number of carboxylic acids is 1. The van der Waals surface area contributed by atoms with E-state index in [1.807, 2.05) is 131 Å². The van der Waals surface area contributed by atoms with Crippen LogP contribution in [0.25, 0.3) is 77.8 Å². The van der Waals surface area contributed by atoms with Crippen molar-refractivity contribution in [2.75, 3.05) is 0 Å². The summed E-state index contributed by atoms with van der Waals surface area (Å²) in [6.07, 6.45) is -1.80. The van der Waals surface area contributed by atoms with Crippen molar-refractivity contribution in [3.63, 3.8) is 0 Å². The molecule has 10 heteroatoms. The number of aryl methyl sites for hydroxylation is 4. The van der Waals surface area contributed by atoms with E-state index in [4.69, 9.17) is 28.3 Å². The average molecular weight is 847 g/mol. The third kappa shape index (κ3) is 7.18. The second kappa shape index (κ2) is 16.2. The van der Waals surface area contributed by atoms with E-state index in [1.165, 1.54) is 0 Å². The highest BCUT2D eigenvalue weighted by atomic mass is 16.5. The van der Waals surface area contributed by atoms with Gasteiger partial charge in [0.15, 0.2) is 17.8 Å². The Labute approximate surface area is 367 Å². The smallest absolute Gasteiger partial charge is 0.336 e. The van der Waals surface area contributed by atoms with E-state index in [-0.39, 0.29) is 11.1 Å². The first-order chi connectivity index (χ1) is 31.0. The van der Waals surface area contributed by atoms with Gasteiger partial charge in [0.25, 0.3) is 0 Å². The van der Waals surface area contributed by atoms with Crippen molar-refractivity contribution in [3.8, 4) is 45.5 Å². The van der Waals surface area contributed by atoms with Gasteiger partial charge in [-0.05, 0) is 110 Å². The summed E-state index contributed by atoms with van der Waals surface area (Å²) in [4.78, 5) is 22.7. The molecule has 0 saturated carbocycles. The van der Waals surface area contributed by atoms with Gasteiger partial charge in [0.05, 0.1) is 22.0 Å². The molecule has 0 unspecified atom stereocenters. The van der Waals surface area contributed by atoms with Crippen LogP contribution < -0.4 is 9.47 Å². The highest BCUT2D eigenvalue weighted by Crippen LogP contribution is 2.43. The highest BCUT2D eigenvalue weighted by Gasteiger charge is 2.24. The number of benzene rings is 6. The fourth-order valence-electron chi connectivity index (χ4n) is 8.68. The van der Waals surface area contributed by atoms with E-state index < -0.39 is 12.3 Å². The summed E-state index contributed by atoms with van der Waals surface area (Å²) >= 11 is 0. The molecule has 64 heavy (non-hydrogen) atoms. The van der Waals surface area contributed by atoms with Crippen molar-refractivity contribution in [1.82, 2.24) is 9.97 Å². The number of hydrogen-bond acceptors (Lipinski definition) is 9. The van der Waals surface area contributed by atoms with Crippen LogP contribution in [0.4, 0.5) is 0 Å². The molecule has 10 aromatic rings. The molecule has 3 N–H and O–H groups in total. The Morgan fingerprint density at radius 3 is 1.98 bits per heavy atom. The van der Waals surface area contributed by atoms with Crippen molar-refractivity contribution >= 4 is 49.7 Å². The molecular weight excluding hydrogens is 805 g/mol. The van der Waals surface area contributed by atoms with Gasteiger partial charge in [0.2, 0.25) is 0 Å². The molecule has 0 aliphatic carbocycles. The minimum Gasteiger partial charge on any atom is -0.489 e. The molecular formula is C54H42N2O8. The molecule has 0 bridgehead atoms. The number of carbonyl (C=O) groups is 1. The molecule has 10 nitrogen and oxygen atoms in total. The number of carboxylic acid groups (broad SMARTS) is 1. The van der Waals surface area contributed by atoms with Crippen LogP contribution in [0.5, 0.6) is 11.5 Å². The molecule has 4 heterocycles. The largest absolute Gasteiger partial charge is 0.489 e. The number of fused-ring (bicyclic) bond motifs is 4. The third-order valence-electron chi connectivity index (χ3n) is 11.9. The number of ether oxygens (including phenoxy) is 2. The first kappa shape index (κ1) is 40.3. The van der Waals surface area contributed by atoms with Crippen LogP contribution in [0.1, 0.15) is 55.6 Å². The van der Waals surface area contributed by atoms with E-state index in [9.17, 15) is 20.1 Å². The molecule has 6 aromatic carbocycles. The van der Waals surface area contributed by atoms with Gasteiger partial charge < -0.3 is 33.6 Å². The molecule has 0 atom stereocenters. The minimum absolute atomic E-state index is 0.114. The topological polar surface area (TPSA) is 148 Å². The summed E-state index contributed by atoms with van der Waals surface area (Å²) in [5.74, 6) is 1.03. The van der Waals surface area contributed by atoms with Crippen LogP contribution >= 0.6 is 0 Å². The number of rotatable bonds is 11. The van der Waals surface area contributed by atoms with Crippen molar-refractivity contribution in [3.05, 3.63) is 178 Å². The van der Waals surface area contributed by atoms with Crippen LogP contribution in [-0.4, -0.2) is 31.3 Å². The number of pyridine rings is 2. The second-order valence-electron chi connectivity index (χ2n) is 16.1. The third-order valence-corrected chi connectivity index (χ3v) is 11.9. The Balaban J connectivity index is 1.03. The molecule has 0 saturated heterocycles. The van der Waals surface area contributed by atoms with Gasteiger partial charge in [-0.1, -0.05) is 78.9 Å². The lowest BCUT2D eigenvalue weighted by Gasteiger charge is -2.16. The van der Waals surface area contributed by atoms with Gasteiger partial charge in [0.1, 0.15) is 47.3 Å². The lowest BCUT2D eigenvalue weighted by molar-refractivity contribution is -0.0414. The monoisotopic (exact) mass is 846 g/mol. The van der Waals surface area contributed by atoms with Gasteiger partial charge in [-0.2, -0.15) is 0 Å². The Morgan fingerprint density at radius 1 is 0.609 bits per heavy atom. The zero-order valence-electron chi connectivity index (χ0n) is 35.5. The molecule has 0 radical (unpaired) electrons. The zero-order valence-corrected chi connectivity index (χ0v) is 35.5. The summed E-state index contributed by atoms with van der Waals surface area (Å²) in [7, 11) is 0. The number of aliphatic hydroxyl groups is 2. The van der Waals surface area contributed by atoms with Gasteiger partial charge in [0, 0.05) is 38.4 Å². The highest BCUT2D eigenvalue weighted by molar-refractivity contribution is 6.06. The first-order valence-electron chi connectivity index (χ1n) is 20.9. The summed E-state index contributed by atoms with van der Waals surface area (Å²) in [5.41, 5.74) is 10.6. The van der Waals surface area contributed by atoms with Crippen LogP contribution in [0.2, 0.25) is 0 Å². The van der Waals surface area contributed by atoms with Crippen LogP contribution in [0.15, 0.2) is 142 Å². The van der Waals surface area contributed by atoms with E-state index in [0.29, 0.717) is 80.6 Å². The Bertz CT molecular complexity index is 3440. The van der Waals surface area contributed by atoms with Crippen LogP contribution in [0, 0.1) is 27.7 Å². The maximum atomic E-state index is 12.7. The Morgan fingerprint density at radius 2 is 1.28 bits per heavy atom. The number of aromatic nitrogens is 2. The number of furan rings is 2. The summed E-state index contributed by atoms with van der Waals surface area (Å²) < 4.78 is 25.5. The van der Waals surface area contributed by atoms with Gasteiger partial charge in [-0.25, -0.2) is 14.8 Å². The lowest BCUT2D eigenvalue weighted by Crippen LogP contribution is -2.03. The van der Waals surface area contributed by atoms with Gasteiger partial charge in [-0.3, -0.25) is 0 Å². The fourth-order valence-corrected chi connectivity index (χ4v) is 8.68. The molecule has 4 aromatic heterocycles. The quantitative estimate of drug-likeness (QED) is 0.107. The van der Waals surface area contributed by atoms with Crippen molar-refractivity contribution in [2.45, 2.75) is 47.2 Å². The molecule has 10 rings (SSSR count). The van der Waals surface area contributed by atoms with Crippen molar-refractivity contribution in [1.29, 1.82) is 0 Å². The number of aromatic carboxylic acids is 1. The normalized spacial score (nSPS) is 11.7. The fraction of sp³-hybridized carbons (Fsp3) is 0.130. The molecule has 0 aliphatic rings. The van der Waals surface area contributed by atoms with E-state index >= 15 is 0 Å². The molecule has 316 valence electrons. The predicted octanol–water partition coefficient (Wildman–Crippen LogP) is 12.3. The van der Waals surface area contributed by atoms with Crippen LogP contribution in [0.3, 0.4) is 0 Å². The first-order valence-corrected chi connectivity index (χ1v) is 20.9. The van der Waals surface area contributed by atoms with Crippen molar-refractivity contribution in [2.24, 2.45) is 0 Å². The van der Waals surface area contributed by atoms with Gasteiger partial charge in [-0.15, -0.1) is 0 Å². The van der Waals surface area contributed by atoms with E-state index in [1.54, 1.807) is 24.3 Å². The Kier molecular flexibility index (Phi) is 10.2. The summed E-state index contributed by atoms with van der Waals surface area (Å²) in [6.45, 7) is 8.42. The average Bonchev–Trinajstić information content (AvgIpc) is 3.83. The standard InChI is InChI=1S/C54H42N2O8/c1-29-22-41-49(47(23-29)62-28-34-14-9-6-10-15-34)40(54(59)60)26-42(55-41)51-30(2)38-24-35(18-20-45(38)63-51)36-16-11-17-46-48(36)32(4)52(64-46)43-25-39(53(57)58)37-19-21-44(31(3)50(37)56-43)61-27-33-12-7-5-8-13-33/h5-26,54,59-60H,27-28H2,1-4H3,(H,57,58). The summed E-state index contributed by atoms with van der Waals surface area (Å²) in [6, 6.07) is 42.0. The summed E-state index contributed by atoms with van der Waals surface area (Å²) in [5, 5.41) is 34.5.